The zero-order valence-corrected chi connectivity index (χ0v) is 26.9. The number of unbranched alkanes of at least 4 members (excludes halogenated alkanes) is 4. The summed E-state index contributed by atoms with van der Waals surface area (Å²) < 4.78 is 40.1. The number of hydrogen-bond donors (Lipinski definition) is 2. The smallest absolute Gasteiger partial charge is 0.307 e. The van der Waals surface area contributed by atoms with Crippen molar-refractivity contribution in [2.45, 2.75) is 64.2 Å². The van der Waals surface area contributed by atoms with Crippen LogP contribution in [0.5, 0.6) is 0 Å². The number of hydrogen-bond acceptors (Lipinski definition) is 14. The summed E-state index contributed by atoms with van der Waals surface area (Å²) in [4.78, 5) is 71.4. The van der Waals surface area contributed by atoms with E-state index in [4.69, 9.17) is 37.9 Å². The molecule has 0 radical (unpaired) electrons. The molecule has 0 amide bonds. The Bertz CT molecular complexity index is 807. The van der Waals surface area contributed by atoms with Gasteiger partial charge >= 0.3 is 35.8 Å². The zero-order chi connectivity index (χ0) is 34.4. The molecule has 0 spiro atoms. The number of carboxylic acids is 2. The van der Waals surface area contributed by atoms with E-state index < -0.39 is 48.6 Å². The first-order valence-corrected chi connectivity index (χ1v) is 15.3. The fourth-order valence-electron chi connectivity index (χ4n) is 3.81. The molecular formula is C30H50O16. The minimum Gasteiger partial charge on any atom is -0.481 e. The van der Waals surface area contributed by atoms with Gasteiger partial charge in [0.25, 0.3) is 0 Å². The van der Waals surface area contributed by atoms with Gasteiger partial charge in [-0.05, 0) is 38.5 Å². The van der Waals surface area contributed by atoms with Crippen LogP contribution in [0.15, 0.2) is 0 Å². The fraction of sp³-hybridized carbons (Fsp3) is 0.800. The Kier molecular flexibility index (Phi) is 27.0. The summed E-state index contributed by atoms with van der Waals surface area (Å²) in [5.41, 5.74) is 0. The van der Waals surface area contributed by atoms with Crippen molar-refractivity contribution in [1.29, 1.82) is 0 Å². The van der Waals surface area contributed by atoms with Gasteiger partial charge < -0.3 is 48.1 Å². The van der Waals surface area contributed by atoms with Crippen molar-refractivity contribution in [2.24, 2.45) is 11.8 Å². The molecule has 2 unspecified atom stereocenters. The number of rotatable bonds is 31. The fourth-order valence-corrected chi connectivity index (χ4v) is 3.81. The molecule has 16 nitrogen and oxygen atoms in total. The molecule has 0 bridgehead atoms. The summed E-state index contributed by atoms with van der Waals surface area (Å²) in [6, 6.07) is 0. The van der Waals surface area contributed by atoms with E-state index in [0.717, 1.165) is 0 Å². The van der Waals surface area contributed by atoms with E-state index in [1.165, 1.54) is 0 Å². The molecule has 0 aliphatic carbocycles. The summed E-state index contributed by atoms with van der Waals surface area (Å²) in [7, 11) is 3.10. The van der Waals surface area contributed by atoms with E-state index in [1.807, 2.05) is 0 Å². The largest absolute Gasteiger partial charge is 0.481 e. The van der Waals surface area contributed by atoms with Crippen LogP contribution < -0.4 is 0 Å². The molecule has 46 heavy (non-hydrogen) atoms. The number of carbonyl (C=O) groups is 6. The molecule has 266 valence electrons. The lowest BCUT2D eigenvalue weighted by Crippen LogP contribution is -2.34. The summed E-state index contributed by atoms with van der Waals surface area (Å²) in [6.07, 6.45) is 1.70. The molecule has 0 aliphatic rings. The van der Waals surface area contributed by atoms with E-state index in [1.54, 1.807) is 14.2 Å². The molecule has 0 heterocycles. The van der Waals surface area contributed by atoms with Gasteiger partial charge in [0.05, 0.1) is 77.5 Å². The lowest BCUT2D eigenvalue weighted by Gasteiger charge is -2.19. The highest BCUT2D eigenvalue weighted by atomic mass is 16.6. The van der Waals surface area contributed by atoms with Gasteiger partial charge in [0, 0.05) is 27.1 Å². The molecule has 0 aromatic heterocycles. The van der Waals surface area contributed by atoms with E-state index in [2.05, 4.69) is 0 Å². The molecule has 2 N–H and O–H groups in total. The Hall–Kier alpha value is -3.34. The molecule has 0 aromatic carbocycles. The third-order valence-electron chi connectivity index (χ3n) is 6.31. The maximum atomic E-state index is 12.2. The maximum Gasteiger partial charge on any atom is 0.307 e. The Morgan fingerprint density at radius 2 is 0.783 bits per heavy atom. The Morgan fingerprint density at radius 3 is 1.13 bits per heavy atom. The monoisotopic (exact) mass is 666 g/mol. The predicted octanol–water partition coefficient (Wildman–Crippen LogP) is 1.79. The Labute approximate surface area is 269 Å². The summed E-state index contributed by atoms with van der Waals surface area (Å²) >= 11 is 0. The quantitative estimate of drug-likeness (QED) is 0.0612. The lowest BCUT2D eigenvalue weighted by atomic mass is 9.87. The van der Waals surface area contributed by atoms with Crippen LogP contribution in [0.1, 0.15) is 64.2 Å². The van der Waals surface area contributed by atoms with Gasteiger partial charge in [-0.15, -0.1) is 0 Å². The van der Waals surface area contributed by atoms with Gasteiger partial charge in [-0.1, -0.05) is 0 Å². The summed E-state index contributed by atoms with van der Waals surface area (Å²) in [6.45, 7) is 2.40. The normalized spacial score (nSPS) is 12.1. The van der Waals surface area contributed by atoms with Crippen LogP contribution in [0, 0.1) is 11.8 Å². The minimum atomic E-state index is -1.71. The van der Waals surface area contributed by atoms with Gasteiger partial charge in [0.2, 0.25) is 0 Å². The first kappa shape index (κ1) is 42.7. The molecule has 2 atom stereocenters. The minimum absolute atomic E-state index is 0.0473. The predicted molar refractivity (Wildman–Crippen MR) is 158 cm³/mol. The highest BCUT2D eigenvalue weighted by molar-refractivity contribution is 5.87. The molecule has 16 heteroatoms. The zero-order valence-electron chi connectivity index (χ0n) is 26.9. The summed E-state index contributed by atoms with van der Waals surface area (Å²) in [5.74, 6) is -9.15. The first-order chi connectivity index (χ1) is 22.1. The van der Waals surface area contributed by atoms with Crippen LogP contribution in [-0.4, -0.2) is 126 Å². The molecule has 0 rings (SSSR count). The number of carboxylic acid groups (broad SMARTS) is 2. The van der Waals surface area contributed by atoms with Crippen molar-refractivity contribution in [2.75, 3.05) is 80.3 Å². The number of ether oxygens (including phenoxy) is 8. The van der Waals surface area contributed by atoms with Gasteiger partial charge in [0.1, 0.15) is 13.2 Å². The second-order valence-corrected chi connectivity index (χ2v) is 10.0. The van der Waals surface area contributed by atoms with E-state index in [-0.39, 0.29) is 64.4 Å². The van der Waals surface area contributed by atoms with Crippen molar-refractivity contribution >= 4 is 35.8 Å². The Balaban J connectivity index is 4.23. The number of esters is 4. The average Bonchev–Trinajstić information content (AvgIpc) is 3.01. The van der Waals surface area contributed by atoms with E-state index in [9.17, 15) is 39.0 Å². The highest BCUT2D eigenvalue weighted by Crippen LogP contribution is 2.22. The number of carbonyl (C=O) groups excluding carboxylic acids is 4. The van der Waals surface area contributed by atoms with Crippen LogP contribution in [0.4, 0.5) is 0 Å². The second-order valence-electron chi connectivity index (χ2n) is 10.0. The maximum absolute atomic E-state index is 12.2. The van der Waals surface area contributed by atoms with Gasteiger partial charge in [0.15, 0.2) is 0 Å². The van der Waals surface area contributed by atoms with Crippen molar-refractivity contribution in [1.82, 2.24) is 0 Å². The first-order valence-electron chi connectivity index (χ1n) is 15.3. The second kappa shape index (κ2) is 29.1. The molecule has 0 fully saturated rings. The third-order valence-corrected chi connectivity index (χ3v) is 6.31. The van der Waals surface area contributed by atoms with Crippen molar-refractivity contribution < 1.29 is 76.9 Å². The third kappa shape index (κ3) is 24.9. The molecule has 0 saturated heterocycles. The van der Waals surface area contributed by atoms with Crippen LogP contribution in [0.3, 0.4) is 0 Å². The number of methoxy groups -OCH3 is 2. The highest BCUT2D eigenvalue weighted by Gasteiger charge is 2.38. The van der Waals surface area contributed by atoms with Crippen LogP contribution in [0.2, 0.25) is 0 Å². The lowest BCUT2D eigenvalue weighted by molar-refractivity contribution is -0.162. The molecule has 0 saturated carbocycles. The summed E-state index contributed by atoms with van der Waals surface area (Å²) in [5, 5.41) is 19.1. The van der Waals surface area contributed by atoms with Crippen LogP contribution >= 0.6 is 0 Å². The molecule has 0 aliphatic heterocycles. The van der Waals surface area contributed by atoms with E-state index >= 15 is 0 Å². The number of aliphatic carboxylic acids is 2. The van der Waals surface area contributed by atoms with Crippen molar-refractivity contribution in [3.05, 3.63) is 0 Å². The van der Waals surface area contributed by atoms with Crippen molar-refractivity contribution in [3.8, 4) is 0 Å². The average molecular weight is 667 g/mol. The van der Waals surface area contributed by atoms with Gasteiger partial charge in [-0.3, -0.25) is 28.8 Å². The van der Waals surface area contributed by atoms with E-state index in [0.29, 0.717) is 65.0 Å². The molecular weight excluding hydrogens is 616 g/mol. The standard InChI is InChI=1S/C30H50O16/c1-39-13-15-41-17-19-45-25(31)9-5-3-7-11-43-27(33)21-23(29(35)36)24(30(37)38)22-28(34)44-12-8-4-6-10-26(32)46-20-18-42-16-14-40-2/h23-24H,3-22H2,1-2H3,(H,35,36)(H,37,38). The Morgan fingerprint density at radius 1 is 0.435 bits per heavy atom. The van der Waals surface area contributed by atoms with Gasteiger partial charge in [-0.25, -0.2) is 0 Å². The molecule has 0 aromatic rings. The topological polar surface area (TPSA) is 217 Å². The van der Waals surface area contributed by atoms with Crippen LogP contribution in [0.25, 0.3) is 0 Å². The van der Waals surface area contributed by atoms with Gasteiger partial charge in [-0.2, -0.15) is 0 Å². The van der Waals surface area contributed by atoms with Crippen molar-refractivity contribution in [3.63, 3.8) is 0 Å². The SMILES string of the molecule is COCCOCCOC(=O)CCCCCOC(=O)CC(C(=O)O)C(CC(=O)OCCCCCC(=O)OCCOCCOC)C(=O)O. The van der Waals surface area contributed by atoms with Crippen LogP contribution in [-0.2, 0) is 66.7 Å².